The van der Waals surface area contributed by atoms with Gasteiger partial charge in [0.25, 0.3) is 0 Å². The van der Waals surface area contributed by atoms with Gasteiger partial charge in [0.1, 0.15) is 0 Å². The van der Waals surface area contributed by atoms with E-state index in [0.717, 1.165) is 25.9 Å². The zero-order valence-electron chi connectivity index (χ0n) is 6.77. The average molecular weight is 207 g/mol. The molecule has 0 aromatic rings. The van der Waals surface area contributed by atoms with Crippen LogP contribution in [-0.4, -0.2) is 39.5 Å². The maximum Gasteiger partial charge on any atom is 0.313 e. The first-order chi connectivity index (χ1) is 5.68. The van der Waals surface area contributed by atoms with Crippen LogP contribution in [-0.2, 0) is 4.79 Å². The number of hydrogen-bond donors (Lipinski definition) is 2. The highest BCUT2D eigenvalue weighted by Gasteiger charge is 2.18. The number of carboxylic acid groups (broad SMARTS) is 1. The van der Waals surface area contributed by atoms with E-state index in [-0.39, 0.29) is 5.75 Å². The lowest BCUT2D eigenvalue weighted by molar-refractivity contribution is -0.133. The first-order valence-corrected chi connectivity index (χ1v) is 5.40. The molecule has 0 radical (unpaired) electrons. The molecule has 0 saturated carbocycles. The molecule has 12 heavy (non-hydrogen) atoms. The molecule has 5 heteroatoms. The second kappa shape index (κ2) is 4.99. The Morgan fingerprint density at radius 1 is 1.75 bits per heavy atom. The SMILES string of the molecule is O=C(O)CS[C@H]1CCCN(S)C1. The number of rotatable bonds is 3. The number of aliphatic carboxylic acids is 1. The fraction of sp³-hybridized carbons (Fsp3) is 0.857. The van der Waals surface area contributed by atoms with Crippen LogP contribution in [0.2, 0.25) is 0 Å². The molecule has 0 spiro atoms. The molecule has 0 amide bonds. The van der Waals surface area contributed by atoms with E-state index in [1.165, 1.54) is 11.8 Å². The molecule has 0 aromatic carbocycles. The van der Waals surface area contributed by atoms with E-state index < -0.39 is 5.97 Å². The van der Waals surface area contributed by atoms with Crippen LogP contribution < -0.4 is 0 Å². The summed E-state index contributed by atoms with van der Waals surface area (Å²) >= 11 is 5.76. The minimum Gasteiger partial charge on any atom is -0.481 e. The monoisotopic (exact) mass is 207 g/mol. The lowest BCUT2D eigenvalue weighted by atomic mass is 10.2. The van der Waals surface area contributed by atoms with Gasteiger partial charge < -0.3 is 5.11 Å². The maximum absolute atomic E-state index is 10.3. The molecule has 0 bridgehead atoms. The van der Waals surface area contributed by atoms with E-state index in [4.69, 9.17) is 5.11 Å². The quantitative estimate of drug-likeness (QED) is 0.680. The minimum atomic E-state index is -0.726. The van der Waals surface area contributed by atoms with Crippen molar-refractivity contribution in [3.63, 3.8) is 0 Å². The van der Waals surface area contributed by atoms with Crippen LogP contribution in [0.4, 0.5) is 0 Å². The molecule has 1 fully saturated rings. The second-order valence-corrected chi connectivity index (χ2v) is 4.74. The van der Waals surface area contributed by atoms with Gasteiger partial charge in [-0.1, -0.05) is 12.8 Å². The zero-order valence-corrected chi connectivity index (χ0v) is 8.48. The summed E-state index contributed by atoms with van der Waals surface area (Å²) < 4.78 is 1.96. The summed E-state index contributed by atoms with van der Waals surface area (Å²) in [4.78, 5) is 10.3. The van der Waals surface area contributed by atoms with Gasteiger partial charge in [-0.25, -0.2) is 0 Å². The normalized spacial score (nSPS) is 25.6. The Morgan fingerprint density at radius 2 is 2.50 bits per heavy atom. The van der Waals surface area contributed by atoms with Gasteiger partial charge in [-0.2, -0.15) is 0 Å². The molecule has 1 N–H and O–H groups in total. The van der Waals surface area contributed by atoms with Gasteiger partial charge in [0, 0.05) is 18.3 Å². The number of piperidine rings is 1. The smallest absolute Gasteiger partial charge is 0.313 e. The van der Waals surface area contributed by atoms with Gasteiger partial charge in [0.15, 0.2) is 0 Å². The average Bonchev–Trinajstić information content (AvgIpc) is 2.01. The predicted molar refractivity (Wildman–Crippen MR) is 53.7 cm³/mol. The summed E-state index contributed by atoms with van der Waals surface area (Å²) in [5.74, 6) is -0.511. The molecular weight excluding hydrogens is 194 g/mol. The third-order valence-electron chi connectivity index (χ3n) is 1.80. The summed E-state index contributed by atoms with van der Waals surface area (Å²) in [6.45, 7) is 1.92. The molecule has 1 rings (SSSR count). The van der Waals surface area contributed by atoms with Crippen molar-refractivity contribution < 1.29 is 9.90 Å². The van der Waals surface area contributed by atoms with Crippen LogP contribution in [0.15, 0.2) is 0 Å². The van der Waals surface area contributed by atoms with Crippen molar-refractivity contribution in [1.29, 1.82) is 0 Å². The van der Waals surface area contributed by atoms with Crippen LogP contribution in [0.5, 0.6) is 0 Å². The minimum absolute atomic E-state index is 0.215. The predicted octanol–water partition coefficient (Wildman–Crippen LogP) is 1.11. The van der Waals surface area contributed by atoms with E-state index in [1.807, 2.05) is 4.31 Å². The van der Waals surface area contributed by atoms with Crippen molar-refractivity contribution in [2.24, 2.45) is 0 Å². The van der Waals surface area contributed by atoms with E-state index >= 15 is 0 Å². The Balaban J connectivity index is 2.18. The van der Waals surface area contributed by atoms with Crippen molar-refractivity contribution in [2.75, 3.05) is 18.8 Å². The zero-order chi connectivity index (χ0) is 8.97. The number of nitrogens with zero attached hydrogens (tertiary/aromatic N) is 1. The number of thioether (sulfide) groups is 1. The Hall–Kier alpha value is 0.130. The highest BCUT2D eigenvalue weighted by Crippen LogP contribution is 2.22. The Bertz CT molecular complexity index is 165. The molecule has 1 heterocycles. The van der Waals surface area contributed by atoms with Crippen molar-refractivity contribution in [3.8, 4) is 0 Å². The fourth-order valence-corrected chi connectivity index (χ4v) is 2.69. The van der Waals surface area contributed by atoms with Gasteiger partial charge >= 0.3 is 5.97 Å². The van der Waals surface area contributed by atoms with Crippen LogP contribution >= 0.6 is 24.6 Å². The van der Waals surface area contributed by atoms with Crippen LogP contribution in [0, 0.1) is 0 Å². The lowest BCUT2D eigenvalue weighted by Crippen LogP contribution is -2.30. The topological polar surface area (TPSA) is 40.5 Å². The molecule has 1 saturated heterocycles. The van der Waals surface area contributed by atoms with Gasteiger partial charge in [-0.15, -0.1) is 11.8 Å². The van der Waals surface area contributed by atoms with Crippen molar-refractivity contribution in [2.45, 2.75) is 18.1 Å². The molecule has 1 aliphatic rings. The molecule has 0 aromatic heterocycles. The Kier molecular flexibility index (Phi) is 4.25. The third-order valence-corrected chi connectivity index (χ3v) is 3.43. The lowest BCUT2D eigenvalue weighted by Gasteiger charge is -2.27. The van der Waals surface area contributed by atoms with Crippen molar-refractivity contribution >= 4 is 30.5 Å². The highest BCUT2D eigenvalue weighted by molar-refractivity contribution is 8.00. The summed E-state index contributed by atoms with van der Waals surface area (Å²) in [6, 6.07) is 0. The Labute approximate surface area is 82.1 Å². The molecule has 3 nitrogen and oxygen atoms in total. The van der Waals surface area contributed by atoms with Gasteiger partial charge in [0.2, 0.25) is 0 Å². The Morgan fingerprint density at radius 3 is 3.08 bits per heavy atom. The van der Waals surface area contributed by atoms with Crippen LogP contribution in [0.25, 0.3) is 0 Å². The number of carbonyl (C=O) groups is 1. The van der Waals surface area contributed by atoms with E-state index in [1.54, 1.807) is 0 Å². The summed E-state index contributed by atoms with van der Waals surface area (Å²) in [7, 11) is 0. The van der Waals surface area contributed by atoms with Crippen LogP contribution in [0.1, 0.15) is 12.8 Å². The number of carboxylic acids is 1. The first kappa shape index (κ1) is 10.2. The summed E-state index contributed by atoms with van der Waals surface area (Å²) in [5.41, 5.74) is 0. The second-order valence-electron chi connectivity index (χ2n) is 2.88. The largest absolute Gasteiger partial charge is 0.481 e. The molecule has 0 aliphatic carbocycles. The highest BCUT2D eigenvalue weighted by atomic mass is 32.2. The number of hydrogen-bond acceptors (Lipinski definition) is 4. The molecule has 1 atom stereocenters. The first-order valence-electron chi connectivity index (χ1n) is 3.95. The van der Waals surface area contributed by atoms with Crippen molar-refractivity contribution in [3.05, 3.63) is 0 Å². The molecular formula is C7H13NO2S2. The molecule has 0 unspecified atom stereocenters. The maximum atomic E-state index is 10.3. The van der Waals surface area contributed by atoms with Gasteiger partial charge in [-0.05, 0) is 12.8 Å². The molecule has 1 aliphatic heterocycles. The van der Waals surface area contributed by atoms with Crippen LogP contribution in [0.3, 0.4) is 0 Å². The van der Waals surface area contributed by atoms with E-state index in [2.05, 4.69) is 12.8 Å². The van der Waals surface area contributed by atoms with E-state index in [0.29, 0.717) is 5.25 Å². The number of thiol groups is 1. The third kappa shape index (κ3) is 3.69. The summed E-state index contributed by atoms with van der Waals surface area (Å²) in [5, 5.41) is 8.91. The van der Waals surface area contributed by atoms with E-state index in [9.17, 15) is 4.79 Å². The fourth-order valence-electron chi connectivity index (χ4n) is 1.24. The molecule has 70 valence electrons. The standard InChI is InChI=1S/C7H13NO2S2/c9-7(10)5-12-6-2-1-3-8(11)4-6/h6,11H,1-5H2,(H,9,10)/t6-/m0/s1. The van der Waals surface area contributed by atoms with Crippen molar-refractivity contribution in [1.82, 2.24) is 4.31 Å². The van der Waals surface area contributed by atoms with Gasteiger partial charge in [-0.3, -0.25) is 9.10 Å². The summed E-state index contributed by atoms with van der Waals surface area (Å²) in [6.07, 6.45) is 2.25. The van der Waals surface area contributed by atoms with Gasteiger partial charge in [0.05, 0.1) is 5.75 Å².